The fourth-order valence-corrected chi connectivity index (χ4v) is 6.95. The van der Waals surface area contributed by atoms with Gasteiger partial charge in [-0.1, -0.05) is 144 Å². The summed E-state index contributed by atoms with van der Waals surface area (Å²) < 4.78 is 4.48. The van der Waals surface area contributed by atoms with E-state index in [1.165, 1.54) is 22.3 Å². The first-order chi connectivity index (χ1) is 23.6. The smallest absolute Gasteiger partial charge is 0.440 e. The quantitative estimate of drug-likeness (QED) is 0.129. The van der Waals surface area contributed by atoms with Gasteiger partial charge in [0.2, 0.25) is 0 Å². The molecule has 4 aromatic heterocycles. The maximum atomic E-state index is 5.38. The van der Waals surface area contributed by atoms with Gasteiger partial charge in [0.05, 0.1) is 22.8 Å². The Morgan fingerprint density at radius 1 is 0.529 bits per heavy atom. The summed E-state index contributed by atoms with van der Waals surface area (Å²) in [5, 5.41) is 0. The van der Waals surface area contributed by atoms with Gasteiger partial charge in [0, 0.05) is 23.2 Å². The molecule has 0 aliphatic rings. The van der Waals surface area contributed by atoms with Crippen LogP contribution in [-0.2, 0) is 31.9 Å². The van der Waals surface area contributed by atoms with E-state index in [1.54, 1.807) is 24.8 Å². The minimum Gasteiger partial charge on any atom is -0.440 e. The van der Waals surface area contributed by atoms with Crippen molar-refractivity contribution in [1.29, 1.82) is 0 Å². The molecule has 0 fully saturated rings. The summed E-state index contributed by atoms with van der Waals surface area (Å²) >= 11 is 0. The third kappa shape index (κ3) is 6.72. The van der Waals surface area contributed by atoms with Gasteiger partial charge in [-0.15, -0.1) is 0 Å². The molecule has 0 aliphatic heterocycles. The number of aromatic nitrogens is 8. The zero-order valence-corrected chi connectivity index (χ0v) is 34.4. The molecular formula is C42H52N8Pt. The maximum absolute atomic E-state index is 5.38. The van der Waals surface area contributed by atoms with Gasteiger partial charge < -0.3 is 19.9 Å². The Hall–Kier alpha value is -4.03. The maximum Gasteiger partial charge on any atom is 2.00 e. The molecule has 8 nitrogen and oxygen atoms in total. The number of hydrogen-bond donors (Lipinski definition) is 0. The van der Waals surface area contributed by atoms with E-state index in [0.29, 0.717) is 35.3 Å². The average molecular weight is 864 g/mol. The van der Waals surface area contributed by atoms with Gasteiger partial charge in [-0.25, -0.2) is 9.97 Å². The fourth-order valence-electron chi connectivity index (χ4n) is 6.95. The van der Waals surface area contributed by atoms with Gasteiger partial charge in [0.1, 0.15) is 11.6 Å². The van der Waals surface area contributed by atoms with Gasteiger partial charge in [0.25, 0.3) is 0 Å². The predicted molar refractivity (Wildman–Crippen MR) is 203 cm³/mol. The molecule has 0 saturated heterocycles. The van der Waals surface area contributed by atoms with Crippen LogP contribution in [0.3, 0.4) is 0 Å². The van der Waals surface area contributed by atoms with Gasteiger partial charge in [-0.2, -0.15) is 0 Å². The molecule has 6 aromatic rings. The molecule has 9 heteroatoms. The van der Waals surface area contributed by atoms with Crippen LogP contribution in [0.15, 0.2) is 73.6 Å². The van der Waals surface area contributed by atoms with E-state index in [2.05, 4.69) is 161 Å². The molecule has 2 aromatic carbocycles. The molecule has 0 saturated carbocycles. The Kier molecular flexibility index (Phi) is 10.9. The first-order valence-corrected chi connectivity index (χ1v) is 18.0. The van der Waals surface area contributed by atoms with E-state index in [-0.39, 0.29) is 21.1 Å². The normalized spacial score (nSPS) is 12.5. The number of nitrogens with zero attached hydrogens (tertiary/aromatic N) is 8. The van der Waals surface area contributed by atoms with Crippen LogP contribution in [-0.4, -0.2) is 29.1 Å². The van der Waals surface area contributed by atoms with Gasteiger partial charge in [0.15, 0.2) is 0 Å². The largest absolute Gasteiger partial charge is 2.00 e. The second-order valence-corrected chi connectivity index (χ2v) is 15.8. The topological polar surface area (TPSA) is 89.6 Å². The Labute approximate surface area is 318 Å². The minimum absolute atomic E-state index is 0. The van der Waals surface area contributed by atoms with Gasteiger partial charge >= 0.3 is 21.1 Å². The van der Waals surface area contributed by atoms with Crippen molar-refractivity contribution in [2.24, 2.45) is 0 Å². The zero-order chi connectivity index (χ0) is 36.1. The SMILES string of the molecule is CC(C)c1cccc(C(C)C)c1-n1cc(C(C)(C)C(C)(C)c2cn(-c3c(C(C)C)cccc3C(C)C)c(-c3ncc[n-]3)n2)nc1-c1ncc[n-]1.[Pt+2]. The number of rotatable bonds is 11. The van der Waals surface area contributed by atoms with Crippen molar-refractivity contribution in [2.75, 3.05) is 0 Å². The summed E-state index contributed by atoms with van der Waals surface area (Å²) in [7, 11) is 0. The summed E-state index contributed by atoms with van der Waals surface area (Å²) in [5.41, 5.74) is 8.34. The van der Waals surface area contributed by atoms with Crippen LogP contribution in [0.4, 0.5) is 0 Å². The molecule has 0 N–H and O–H groups in total. The number of hydrogen-bond acceptors (Lipinski definition) is 4. The molecular weight excluding hydrogens is 812 g/mol. The summed E-state index contributed by atoms with van der Waals surface area (Å²) in [6.45, 7) is 27.1. The first kappa shape index (κ1) is 38.2. The Morgan fingerprint density at radius 3 is 1.10 bits per heavy atom. The molecule has 0 amide bonds. The second-order valence-electron chi connectivity index (χ2n) is 15.8. The molecule has 4 heterocycles. The minimum atomic E-state index is -0.480. The van der Waals surface area contributed by atoms with Crippen molar-refractivity contribution < 1.29 is 21.1 Å². The van der Waals surface area contributed by atoms with E-state index in [4.69, 9.17) is 9.97 Å². The Morgan fingerprint density at radius 2 is 0.843 bits per heavy atom. The third-order valence-corrected chi connectivity index (χ3v) is 10.7. The van der Waals surface area contributed by atoms with E-state index in [9.17, 15) is 0 Å². The van der Waals surface area contributed by atoms with Crippen molar-refractivity contribution in [1.82, 2.24) is 39.0 Å². The van der Waals surface area contributed by atoms with Gasteiger partial charge in [-0.3, -0.25) is 9.13 Å². The molecule has 0 aliphatic carbocycles. The summed E-state index contributed by atoms with van der Waals surface area (Å²) in [5.74, 6) is 3.99. The van der Waals surface area contributed by atoms with E-state index in [1.807, 2.05) is 0 Å². The third-order valence-electron chi connectivity index (χ3n) is 10.7. The van der Waals surface area contributed by atoms with Crippen molar-refractivity contribution in [3.8, 4) is 34.7 Å². The van der Waals surface area contributed by atoms with E-state index < -0.39 is 10.8 Å². The van der Waals surface area contributed by atoms with Crippen LogP contribution < -0.4 is 9.97 Å². The number of benzene rings is 2. The average Bonchev–Trinajstić information content (AvgIpc) is 3.89. The Bertz CT molecular complexity index is 1870. The standard InChI is InChI=1S/C42H52N8.Pt/c1-25(2)29-15-13-16-30(26(3)4)35(29)49-23-33(47-39(49)37-43-19-20-44-37)41(9,10)42(11,12)34-24-50(40(48-34)38-45-21-22-46-38)36-31(27(5)6)17-14-18-32(36)28(7)8;/h13-28H,1-12H3;/q-2;+2. The molecule has 270 valence electrons. The predicted octanol–water partition coefficient (Wildman–Crippen LogP) is 9.84. The van der Waals surface area contributed by atoms with Crippen LogP contribution in [0.25, 0.3) is 34.7 Å². The van der Waals surface area contributed by atoms with Gasteiger partial charge in [-0.05, 0) is 57.6 Å². The molecule has 0 atom stereocenters. The molecule has 0 radical (unpaired) electrons. The van der Waals surface area contributed by atoms with Crippen molar-refractivity contribution in [3.05, 3.63) is 107 Å². The van der Waals surface area contributed by atoms with Crippen molar-refractivity contribution >= 4 is 0 Å². The van der Waals surface area contributed by atoms with Crippen LogP contribution >= 0.6 is 0 Å². The van der Waals surface area contributed by atoms with Crippen molar-refractivity contribution in [2.45, 2.75) is 118 Å². The molecule has 51 heavy (non-hydrogen) atoms. The van der Waals surface area contributed by atoms with Crippen molar-refractivity contribution in [3.63, 3.8) is 0 Å². The summed E-state index contributed by atoms with van der Waals surface area (Å²) in [6.07, 6.45) is 11.4. The molecule has 0 unspecified atom stereocenters. The number of imidazole rings is 4. The van der Waals surface area contributed by atoms with Crippen LogP contribution in [0.1, 0.15) is 140 Å². The second kappa shape index (κ2) is 14.5. The first-order valence-electron chi connectivity index (χ1n) is 18.0. The van der Waals surface area contributed by atoms with Crippen LogP contribution in [0.2, 0.25) is 0 Å². The van der Waals surface area contributed by atoms with E-state index >= 15 is 0 Å². The van der Waals surface area contributed by atoms with Crippen LogP contribution in [0, 0.1) is 0 Å². The summed E-state index contributed by atoms with van der Waals surface area (Å²) in [6, 6.07) is 13.3. The molecule has 6 rings (SSSR count). The Balaban J connectivity index is 0.00000504. The number of para-hydroxylation sites is 2. The van der Waals surface area contributed by atoms with E-state index in [0.717, 1.165) is 34.4 Å². The molecule has 0 spiro atoms. The zero-order valence-electron chi connectivity index (χ0n) is 32.1. The fraction of sp³-hybridized carbons (Fsp3) is 0.429. The summed E-state index contributed by atoms with van der Waals surface area (Å²) in [4.78, 5) is 29.3. The monoisotopic (exact) mass is 863 g/mol. The molecule has 0 bridgehead atoms. The van der Waals surface area contributed by atoms with Crippen LogP contribution in [0.5, 0.6) is 0 Å².